The van der Waals surface area contributed by atoms with Gasteiger partial charge in [0.25, 0.3) is 5.91 Å². The van der Waals surface area contributed by atoms with Crippen molar-refractivity contribution in [1.29, 1.82) is 0 Å². The van der Waals surface area contributed by atoms with E-state index in [1.54, 1.807) is 30.3 Å². The van der Waals surface area contributed by atoms with Crippen LogP contribution < -0.4 is 4.90 Å². The Balaban J connectivity index is 1.54. The number of nitrogens with zero attached hydrogens (tertiary/aromatic N) is 1. The molecule has 3 heterocycles. The van der Waals surface area contributed by atoms with Crippen LogP contribution >= 0.6 is 11.3 Å². The maximum Gasteiger partial charge on any atom is 0.311 e. The first-order valence-electron chi connectivity index (χ1n) is 15.1. The minimum atomic E-state index is -1.49. The highest BCUT2D eigenvalue weighted by Crippen LogP contribution is 2.64. The zero-order valence-electron chi connectivity index (χ0n) is 25.5. The summed E-state index contributed by atoms with van der Waals surface area (Å²) in [5.41, 5.74) is 0.932. The third-order valence-electron chi connectivity index (χ3n) is 8.88. The van der Waals surface area contributed by atoms with E-state index in [0.717, 1.165) is 16.0 Å². The van der Waals surface area contributed by atoms with Gasteiger partial charge >= 0.3 is 5.97 Å². The summed E-state index contributed by atoms with van der Waals surface area (Å²) in [6.07, 6.45) is 0. The third-order valence-corrected chi connectivity index (χ3v) is 9.82. The van der Waals surface area contributed by atoms with Gasteiger partial charge in [0.05, 0.1) is 11.6 Å². The van der Waals surface area contributed by atoms with E-state index in [1.807, 2.05) is 106 Å². The molecule has 1 aliphatic carbocycles. The van der Waals surface area contributed by atoms with Crippen molar-refractivity contribution >= 4 is 34.8 Å². The number of imide groups is 1. The Labute approximate surface area is 266 Å². The SMILES string of the molecule is C[C@@H]1c2oc(-c3ccccc3)cc2[C@H](c2cccs2)[C@@]2(C(=O)N(C(=O)c3ccccc3)c3ccccc32)[C@@H]1C(=O)OC(C)(C)C. The van der Waals surface area contributed by atoms with E-state index in [1.165, 1.54) is 16.2 Å². The van der Waals surface area contributed by atoms with Crippen molar-refractivity contribution in [2.75, 3.05) is 4.90 Å². The molecular formula is C38H33NO5S. The largest absolute Gasteiger partial charge is 0.460 e. The number of amides is 2. The summed E-state index contributed by atoms with van der Waals surface area (Å²) in [5.74, 6) is -2.24. The molecule has 3 aromatic carbocycles. The highest BCUT2D eigenvalue weighted by molar-refractivity contribution is 7.10. The summed E-state index contributed by atoms with van der Waals surface area (Å²) < 4.78 is 12.7. The van der Waals surface area contributed by atoms with Crippen LogP contribution in [0.2, 0.25) is 0 Å². The molecule has 0 saturated heterocycles. The number of fused-ring (bicyclic) bond motifs is 3. The quantitative estimate of drug-likeness (QED) is 0.150. The van der Waals surface area contributed by atoms with E-state index in [0.29, 0.717) is 28.3 Å². The molecule has 5 aromatic rings. The lowest BCUT2D eigenvalue weighted by molar-refractivity contribution is -0.166. The number of esters is 1. The van der Waals surface area contributed by atoms with Crippen molar-refractivity contribution < 1.29 is 23.5 Å². The zero-order chi connectivity index (χ0) is 31.5. The topological polar surface area (TPSA) is 76.8 Å². The van der Waals surface area contributed by atoms with E-state index in [9.17, 15) is 9.59 Å². The molecule has 0 fully saturated rings. The van der Waals surface area contributed by atoms with Gasteiger partial charge in [-0.15, -0.1) is 11.3 Å². The van der Waals surface area contributed by atoms with Crippen LogP contribution in [0.25, 0.3) is 11.3 Å². The van der Waals surface area contributed by atoms with Crippen LogP contribution in [0.1, 0.15) is 71.7 Å². The van der Waals surface area contributed by atoms with Crippen LogP contribution in [-0.4, -0.2) is 23.4 Å². The second-order valence-corrected chi connectivity index (χ2v) is 13.7. The normalized spacial score (nSPS) is 22.3. The number of rotatable bonds is 4. The molecule has 7 rings (SSSR count). The number of hydrogen-bond donors (Lipinski definition) is 0. The number of para-hydroxylation sites is 1. The van der Waals surface area contributed by atoms with Gasteiger partial charge in [0.1, 0.15) is 22.5 Å². The van der Waals surface area contributed by atoms with Gasteiger partial charge in [-0.3, -0.25) is 14.4 Å². The number of carbonyl (C=O) groups excluding carboxylic acids is 3. The van der Waals surface area contributed by atoms with Crippen LogP contribution in [0.15, 0.2) is 113 Å². The van der Waals surface area contributed by atoms with Gasteiger partial charge in [0.15, 0.2) is 0 Å². The molecule has 1 aliphatic heterocycles. The molecular weight excluding hydrogens is 582 g/mol. The number of furan rings is 1. The average Bonchev–Trinajstić information content (AvgIpc) is 3.77. The van der Waals surface area contributed by atoms with Gasteiger partial charge in [0.2, 0.25) is 5.91 Å². The Hall–Kier alpha value is -4.75. The van der Waals surface area contributed by atoms with E-state index in [2.05, 4.69) is 0 Å². The van der Waals surface area contributed by atoms with Crippen molar-refractivity contribution in [3.63, 3.8) is 0 Å². The number of ether oxygens (including phenoxy) is 1. The summed E-state index contributed by atoms with van der Waals surface area (Å²) in [6.45, 7) is 7.39. The summed E-state index contributed by atoms with van der Waals surface area (Å²) in [7, 11) is 0. The first-order chi connectivity index (χ1) is 21.6. The van der Waals surface area contributed by atoms with Gasteiger partial charge < -0.3 is 9.15 Å². The smallest absolute Gasteiger partial charge is 0.311 e. The molecule has 0 N–H and O–H groups in total. The third kappa shape index (κ3) is 4.48. The van der Waals surface area contributed by atoms with Crippen molar-refractivity contribution in [1.82, 2.24) is 0 Å². The molecule has 1 spiro atoms. The molecule has 7 heteroatoms. The van der Waals surface area contributed by atoms with Crippen LogP contribution in [0.4, 0.5) is 5.69 Å². The van der Waals surface area contributed by atoms with Gasteiger partial charge in [-0.05, 0) is 62.0 Å². The monoisotopic (exact) mass is 615 g/mol. The van der Waals surface area contributed by atoms with E-state index in [-0.39, 0.29) is 0 Å². The Morgan fingerprint density at radius 2 is 1.56 bits per heavy atom. The fourth-order valence-corrected chi connectivity index (χ4v) is 8.14. The summed E-state index contributed by atoms with van der Waals surface area (Å²) in [4.78, 5) is 46.4. The fraction of sp³-hybridized carbons (Fsp3) is 0.237. The van der Waals surface area contributed by atoms with Gasteiger partial charge in [-0.2, -0.15) is 0 Å². The standard InChI is InChI=1S/C38H33NO5S/c1-23-31(35(41)44-37(2,3)4)38(27-18-11-12-19-28(27)39(36(38)42)34(40)25-16-9-6-10-17-25)32(30-20-13-21-45-30)26-22-29(43-33(23)26)24-14-7-5-8-15-24/h5-23,31-32H,1-4H3/t23-,31-,32+,38-/m0/s1. The zero-order valence-corrected chi connectivity index (χ0v) is 26.3. The highest BCUT2D eigenvalue weighted by Gasteiger charge is 2.68. The van der Waals surface area contributed by atoms with Gasteiger partial charge in [-0.25, -0.2) is 4.90 Å². The molecule has 2 amide bonds. The minimum absolute atomic E-state index is 0.387. The lowest BCUT2D eigenvalue weighted by atomic mass is 9.53. The van der Waals surface area contributed by atoms with Gasteiger partial charge in [0, 0.05) is 33.4 Å². The number of anilines is 1. The first-order valence-corrected chi connectivity index (χ1v) is 16.0. The van der Waals surface area contributed by atoms with Crippen LogP contribution in [0, 0.1) is 5.92 Å². The number of thiophene rings is 1. The Kier molecular flexibility index (Phi) is 6.89. The molecule has 226 valence electrons. The Morgan fingerprint density at radius 3 is 2.22 bits per heavy atom. The van der Waals surface area contributed by atoms with E-state index in [4.69, 9.17) is 9.15 Å². The van der Waals surface area contributed by atoms with Crippen molar-refractivity contribution in [3.8, 4) is 11.3 Å². The Bertz CT molecular complexity index is 1900. The number of carbonyl (C=O) groups is 3. The van der Waals surface area contributed by atoms with Crippen molar-refractivity contribution in [3.05, 3.63) is 136 Å². The fourth-order valence-electron chi connectivity index (χ4n) is 7.22. The highest BCUT2D eigenvalue weighted by atomic mass is 32.1. The van der Waals surface area contributed by atoms with E-state index >= 15 is 4.79 Å². The minimum Gasteiger partial charge on any atom is -0.460 e. The molecule has 45 heavy (non-hydrogen) atoms. The predicted molar refractivity (Wildman–Crippen MR) is 174 cm³/mol. The number of hydrogen-bond acceptors (Lipinski definition) is 6. The molecule has 2 aromatic heterocycles. The second kappa shape index (κ2) is 10.7. The summed E-state index contributed by atoms with van der Waals surface area (Å²) in [5, 5.41) is 1.97. The maximum atomic E-state index is 15.4. The Morgan fingerprint density at radius 1 is 0.889 bits per heavy atom. The molecule has 2 aliphatic rings. The molecule has 0 bridgehead atoms. The molecule has 0 saturated carbocycles. The van der Waals surface area contributed by atoms with Crippen molar-refractivity contribution in [2.45, 2.75) is 50.5 Å². The summed E-state index contributed by atoms with van der Waals surface area (Å²) in [6, 6.07) is 31.9. The lowest BCUT2D eigenvalue weighted by Crippen LogP contribution is -2.57. The maximum absolute atomic E-state index is 15.4. The van der Waals surface area contributed by atoms with Crippen LogP contribution in [-0.2, 0) is 19.7 Å². The molecule has 4 atom stereocenters. The summed E-state index contributed by atoms with van der Waals surface area (Å²) >= 11 is 1.52. The molecule has 6 nitrogen and oxygen atoms in total. The van der Waals surface area contributed by atoms with E-state index < -0.39 is 46.6 Å². The number of benzene rings is 3. The van der Waals surface area contributed by atoms with Crippen LogP contribution in [0.3, 0.4) is 0 Å². The van der Waals surface area contributed by atoms with Crippen molar-refractivity contribution in [2.24, 2.45) is 5.92 Å². The molecule has 0 unspecified atom stereocenters. The predicted octanol–water partition coefficient (Wildman–Crippen LogP) is 8.34. The lowest BCUT2D eigenvalue weighted by Gasteiger charge is -2.47. The van der Waals surface area contributed by atoms with Gasteiger partial charge in [-0.1, -0.05) is 79.7 Å². The molecule has 0 radical (unpaired) electrons. The second-order valence-electron chi connectivity index (χ2n) is 12.7. The van der Waals surface area contributed by atoms with Crippen LogP contribution in [0.5, 0.6) is 0 Å². The first kappa shape index (κ1) is 29.0. The average molecular weight is 616 g/mol.